The Labute approximate surface area is 165 Å². The van der Waals surface area contributed by atoms with Crippen LogP contribution in [0.25, 0.3) is 0 Å². The first-order chi connectivity index (χ1) is 13.4. The molecule has 148 valence electrons. The van der Waals surface area contributed by atoms with E-state index in [1.165, 1.54) is 0 Å². The minimum atomic E-state index is -0.333. The van der Waals surface area contributed by atoms with Crippen LogP contribution in [0.4, 0.5) is 0 Å². The van der Waals surface area contributed by atoms with Crippen LogP contribution in [0.3, 0.4) is 0 Å². The van der Waals surface area contributed by atoms with Gasteiger partial charge >= 0.3 is 0 Å². The second kappa shape index (κ2) is 6.34. The molecule has 1 aromatic carbocycles. The van der Waals surface area contributed by atoms with E-state index in [-0.39, 0.29) is 42.2 Å². The molecule has 28 heavy (non-hydrogen) atoms. The summed E-state index contributed by atoms with van der Waals surface area (Å²) in [5, 5.41) is 4.26. The number of amides is 1. The Morgan fingerprint density at radius 1 is 1.32 bits per heavy atom. The zero-order chi connectivity index (χ0) is 19.5. The molecule has 4 atom stereocenters. The summed E-state index contributed by atoms with van der Waals surface area (Å²) in [6.45, 7) is 7.29. The molecule has 4 heterocycles. The van der Waals surface area contributed by atoms with Crippen LogP contribution >= 0.6 is 0 Å². The molecule has 0 saturated carbocycles. The standard InChI is InChI=1S/C22H27N3O3/c1-14-11-23-24(12-14)13-20(26)25-9-8-19-17(25)10-16-21(27-19)15-6-4-5-7-18(15)28-22(16,2)3/h4-7,11-12,16-17,19,21H,8-10,13H2,1-3H3/t16-,17-,19-,21+/m1/s1. The van der Waals surface area contributed by atoms with Gasteiger partial charge in [-0.05, 0) is 45.2 Å². The van der Waals surface area contributed by atoms with Crippen molar-refractivity contribution in [2.24, 2.45) is 5.92 Å². The van der Waals surface area contributed by atoms with E-state index < -0.39 is 0 Å². The quantitative estimate of drug-likeness (QED) is 0.802. The maximum absolute atomic E-state index is 13.0. The van der Waals surface area contributed by atoms with Crippen molar-refractivity contribution >= 4 is 5.91 Å². The van der Waals surface area contributed by atoms with Crippen molar-refractivity contribution in [1.82, 2.24) is 14.7 Å². The third-order valence-corrected chi connectivity index (χ3v) is 6.54. The van der Waals surface area contributed by atoms with Gasteiger partial charge in [0.1, 0.15) is 17.9 Å². The molecular weight excluding hydrogens is 354 g/mol. The Morgan fingerprint density at radius 2 is 2.14 bits per heavy atom. The molecular formula is C22H27N3O3. The monoisotopic (exact) mass is 381 g/mol. The van der Waals surface area contributed by atoms with Crippen molar-refractivity contribution in [3.8, 4) is 5.75 Å². The molecule has 5 rings (SSSR count). The van der Waals surface area contributed by atoms with E-state index in [2.05, 4.69) is 25.0 Å². The molecule has 1 amide bonds. The number of carbonyl (C=O) groups excluding carboxylic acids is 1. The van der Waals surface area contributed by atoms with Crippen LogP contribution in [0.2, 0.25) is 0 Å². The molecule has 0 unspecified atom stereocenters. The molecule has 0 radical (unpaired) electrons. The number of hydrogen-bond acceptors (Lipinski definition) is 4. The number of hydrogen-bond donors (Lipinski definition) is 0. The van der Waals surface area contributed by atoms with E-state index in [0.29, 0.717) is 0 Å². The number of benzene rings is 1. The fraction of sp³-hybridized carbons (Fsp3) is 0.545. The number of carbonyl (C=O) groups is 1. The lowest BCUT2D eigenvalue weighted by Crippen LogP contribution is -2.54. The van der Waals surface area contributed by atoms with Crippen molar-refractivity contribution in [3.63, 3.8) is 0 Å². The second-order valence-electron chi connectivity index (χ2n) is 8.84. The van der Waals surface area contributed by atoms with E-state index in [9.17, 15) is 4.79 Å². The Balaban J connectivity index is 1.38. The van der Waals surface area contributed by atoms with Gasteiger partial charge in [0.2, 0.25) is 5.91 Å². The third kappa shape index (κ3) is 2.82. The van der Waals surface area contributed by atoms with E-state index in [4.69, 9.17) is 9.47 Å². The SMILES string of the molecule is Cc1cnn(CC(=O)N2CC[C@H]3O[C@H]4c5ccccc5OC(C)(C)[C@@H]4C[C@H]32)c1. The maximum atomic E-state index is 13.0. The lowest BCUT2D eigenvalue weighted by molar-refractivity contribution is -0.167. The largest absolute Gasteiger partial charge is 0.487 e. The predicted octanol–water partition coefficient (Wildman–Crippen LogP) is 3.11. The fourth-order valence-electron chi connectivity index (χ4n) is 5.13. The zero-order valence-electron chi connectivity index (χ0n) is 16.7. The molecule has 0 spiro atoms. The summed E-state index contributed by atoms with van der Waals surface area (Å²) in [5.74, 6) is 1.25. The van der Waals surface area contributed by atoms with E-state index in [1.807, 2.05) is 36.2 Å². The molecule has 6 nitrogen and oxygen atoms in total. The van der Waals surface area contributed by atoms with Gasteiger partial charge in [0.15, 0.2) is 0 Å². The van der Waals surface area contributed by atoms with Crippen molar-refractivity contribution in [2.45, 2.75) is 64.0 Å². The van der Waals surface area contributed by atoms with E-state index in [0.717, 1.165) is 36.3 Å². The van der Waals surface area contributed by atoms with Crippen LogP contribution in [-0.2, 0) is 16.1 Å². The molecule has 1 aromatic heterocycles. The summed E-state index contributed by atoms with van der Waals surface area (Å²) in [6.07, 6.45) is 5.61. The number of para-hydroxylation sites is 1. The number of rotatable bonds is 2. The molecule has 6 heteroatoms. The van der Waals surface area contributed by atoms with E-state index in [1.54, 1.807) is 10.9 Å². The maximum Gasteiger partial charge on any atom is 0.244 e. The van der Waals surface area contributed by atoms with Crippen LogP contribution < -0.4 is 4.74 Å². The molecule has 2 saturated heterocycles. The van der Waals surface area contributed by atoms with Crippen molar-refractivity contribution in [1.29, 1.82) is 0 Å². The Morgan fingerprint density at radius 3 is 2.93 bits per heavy atom. The first kappa shape index (κ1) is 17.7. The Hall–Kier alpha value is -2.34. The number of aromatic nitrogens is 2. The number of aryl methyl sites for hydroxylation is 1. The summed E-state index contributed by atoms with van der Waals surface area (Å²) in [7, 11) is 0. The molecule has 0 bridgehead atoms. The Kier molecular flexibility index (Phi) is 4.02. The Bertz CT molecular complexity index is 906. The number of fused-ring (bicyclic) bond motifs is 4. The van der Waals surface area contributed by atoms with Gasteiger partial charge in [0.05, 0.1) is 24.4 Å². The summed E-state index contributed by atoms with van der Waals surface area (Å²) < 4.78 is 14.7. The predicted molar refractivity (Wildman–Crippen MR) is 104 cm³/mol. The third-order valence-electron chi connectivity index (χ3n) is 6.54. The van der Waals surface area contributed by atoms with Gasteiger partial charge in [-0.15, -0.1) is 0 Å². The minimum absolute atomic E-state index is 0.0324. The number of nitrogens with zero attached hydrogens (tertiary/aromatic N) is 3. The summed E-state index contributed by atoms with van der Waals surface area (Å²) in [6, 6.07) is 8.30. The minimum Gasteiger partial charge on any atom is -0.487 e. The summed E-state index contributed by atoms with van der Waals surface area (Å²) >= 11 is 0. The second-order valence-corrected chi connectivity index (χ2v) is 8.84. The number of ether oxygens (including phenoxy) is 2. The average Bonchev–Trinajstić information content (AvgIpc) is 3.26. The summed E-state index contributed by atoms with van der Waals surface area (Å²) in [4.78, 5) is 15.0. The zero-order valence-corrected chi connectivity index (χ0v) is 16.7. The highest BCUT2D eigenvalue weighted by Gasteiger charge is 2.53. The van der Waals surface area contributed by atoms with Crippen LogP contribution in [-0.4, -0.2) is 44.9 Å². The van der Waals surface area contributed by atoms with Crippen molar-refractivity contribution < 1.29 is 14.3 Å². The first-order valence-corrected chi connectivity index (χ1v) is 10.1. The fourth-order valence-corrected chi connectivity index (χ4v) is 5.13. The topological polar surface area (TPSA) is 56.6 Å². The summed E-state index contributed by atoms with van der Waals surface area (Å²) in [5.41, 5.74) is 1.87. The van der Waals surface area contributed by atoms with Gasteiger partial charge in [0.25, 0.3) is 0 Å². The van der Waals surface area contributed by atoms with Crippen LogP contribution in [0, 0.1) is 12.8 Å². The molecule has 2 aromatic rings. The average molecular weight is 381 g/mol. The van der Waals surface area contributed by atoms with Gasteiger partial charge in [0, 0.05) is 24.2 Å². The van der Waals surface area contributed by atoms with Gasteiger partial charge < -0.3 is 14.4 Å². The van der Waals surface area contributed by atoms with Crippen LogP contribution in [0.1, 0.15) is 43.9 Å². The van der Waals surface area contributed by atoms with Crippen LogP contribution in [0.15, 0.2) is 36.7 Å². The van der Waals surface area contributed by atoms with Gasteiger partial charge in [-0.1, -0.05) is 18.2 Å². The lowest BCUT2D eigenvalue weighted by Gasteiger charge is -2.50. The van der Waals surface area contributed by atoms with E-state index >= 15 is 0 Å². The number of likely N-dealkylation sites (tertiary alicyclic amines) is 1. The normalized spacial score (nSPS) is 30.2. The van der Waals surface area contributed by atoms with Crippen LogP contribution in [0.5, 0.6) is 5.75 Å². The van der Waals surface area contributed by atoms with Crippen molar-refractivity contribution in [3.05, 3.63) is 47.8 Å². The molecule has 3 aliphatic heterocycles. The van der Waals surface area contributed by atoms with Crippen molar-refractivity contribution in [2.75, 3.05) is 6.54 Å². The van der Waals surface area contributed by atoms with Gasteiger partial charge in [-0.2, -0.15) is 5.10 Å². The molecule has 2 fully saturated rings. The molecule has 0 aliphatic carbocycles. The highest BCUT2D eigenvalue weighted by molar-refractivity contribution is 5.76. The molecule has 0 N–H and O–H groups in total. The van der Waals surface area contributed by atoms with Gasteiger partial charge in [-0.25, -0.2) is 0 Å². The first-order valence-electron chi connectivity index (χ1n) is 10.1. The van der Waals surface area contributed by atoms with Gasteiger partial charge in [-0.3, -0.25) is 9.48 Å². The highest BCUT2D eigenvalue weighted by Crippen LogP contribution is 2.52. The highest BCUT2D eigenvalue weighted by atomic mass is 16.5. The smallest absolute Gasteiger partial charge is 0.244 e. The molecule has 3 aliphatic rings. The lowest BCUT2D eigenvalue weighted by atomic mass is 9.74.